The van der Waals surface area contributed by atoms with E-state index in [0.717, 1.165) is 23.0 Å². The largest absolute Gasteiger partial charge is 0.353 e. The third-order valence-corrected chi connectivity index (χ3v) is 3.33. The van der Waals surface area contributed by atoms with Crippen molar-refractivity contribution in [3.05, 3.63) is 16.0 Å². The lowest BCUT2D eigenvalue weighted by molar-refractivity contribution is 0.407. The van der Waals surface area contributed by atoms with Crippen molar-refractivity contribution in [2.24, 2.45) is 11.7 Å². The van der Waals surface area contributed by atoms with E-state index in [1.165, 1.54) is 0 Å². The van der Waals surface area contributed by atoms with Crippen LogP contribution >= 0.6 is 22.6 Å². The van der Waals surface area contributed by atoms with E-state index in [1.807, 2.05) is 0 Å². The Morgan fingerprint density at radius 3 is 2.38 bits per heavy atom. The molecule has 0 spiro atoms. The fraction of sp³-hybridized carbons (Fsp3) is 0.636. The molecule has 1 unspecified atom stereocenters. The van der Waals surface area contributed by atoms with Crippen molar-refractivity contribution in [1.82, 2.24) is 9.97 Å². The van der Waals surface area contributed by atoms with E-state index in [1.54, 1.807) is 12.4 Å². The number of anilines is 1. The van der Waals surface area contributed by atoms with Crippen molar-refractivity contribution in [3.8, 4) is 0 Å². The highest BCUT2D eigenvalue weighted by Crippen LogP contribution is 2.11. The number of aromatic nitrogens is 2. The number of rotatable bonds is 6. The Hall–Kier alpha value is -0.430. The maximum absolute atomic E-state index is 6.10. The predicted octanol–water partition coefficient (Wildman–Crippen LogP) is 2.26. The highest BCUT2D eigenvalue weighted by atomic mass is 127. The number of nitrogens with zero attached hydrogens (tertiary/aromatic N) is 2. The van der Waals surface area contributed by atoms with Crippen molar-refractivity contribution >= 4 is 28.5 Å². The van der Waals surface area contributed by atoms with E-state index in [-0.39, 0.29) is 6.04 Å². The third-order valence-electron chi connectivity index (χ3n) is 2.77. The lowest BCUT2D eigenvalue weighted by Crippen LogP contribution is -2.36. The van der Waals surface area contributed by atoms with Crippen LogP contribution in [0.2, 0.25) is 0 Å². The molecule has 1 aromatic heterocycles. The molecule has 0 saturated heterocycles. The first-order valence-corrected chi connectivity index (χ1v) is 6.72. The van der Waals surface area contributed by atoms with Crippen molar-refractivity contribution in [2.45, 2.75) is 32.7 Å². The summed E-state index contributed by atoms with van der Waals surface area (Å²) in [7, 11) is 0. The summed E-state index contributed by atoms with van der Waals surface area (Å²) >= 11 is 2.18. The molecule has 0 saturated carbocycles. The van der Waals surface area contributed by atoms with Crippen LogP contribution in [0.4, 0.5) is 5.95 Å². The lowest BCUT2D eigenvalue weighted by atomic mass is 9.95. The minimum Gasteiger partial charge on any atom is -0.353 e. The molecule has 0 aliphatic carbocycles. The van der Waals surface area contributed by atoms with E-state index in [2.05, 4.69) is 51.7 Å². The number of halogens is 1. The monoisotopic (exact) mass is 334 g/mol. The highest BCUT2D eigenvalue weighted by Gasteiger charge is 2.13. The summed E-state index contributed by atoms with van der Waals surface area (Å²) in [4.78, 5) is 8.35. The van der Waals surface area contributed by atoms with E-state index < -0.39 is 0 Å². The van der Waals surface area contributed by atoms with Crippen LogP contribution in [0.3, 0.4) is 0 Å². The van der Waals surface area contributed by atoms with Gasteiger partial charge in [-0.1, -0.05) is 26.7 Å². The molecule has 1 rings (SSSR count). The molecule has 0 aliphatic heterocycles. The van der Waals surface area contributed by atoms with Gasteiger partial charge in [0.2, 0.25) is 5.95 Å². The molecule has 3 N–H and O–H groups in total. The van der Waals surface area contributed by atoms with Crippen LogP contribution in [0.1, 0.15) is 26.7 Å². The molecule has 0 amide bonds. The number of hydrogen-bond donors (Lipinski definition) is 2. The van der Waals surface area contributed by atoms with Gasteiger partial charge >= 0.3 is 0 Å². The molecule has 0 aliphatic rings. The van der Waals surface area contributed by atoms with Crippen LogP contribution in [-0.4, -0.2) is 22.6 Å². The number of nitrogens with two attached hydrogens (primary N) is 1. The average Bonchev–Trinajstić information content (AvgIpc) is 2.30. The molecule has 1 atom stereocenters. The fourth-order valence-electron chi connectivity index (χ4n) is 1.67. The molecule has 0 aromatic carbocycles. The average molecular weight is 334 g/mol. The summed E-state index contributed by atoms with van der Waals surface area (Å²) in [5.74, 6) is 1.22. The summed E-state index contributed by atoms with van der Waals surface area (Å²) in [6, 6.07) is 0.165. The van der Waals surface area contributed by atoms with Gasteiger partial charge in [0.15, 0.2) is 0 Å². The third kappa shape index (κ3) is 4.21. The second-order valence-corrected chi connectivity index (χ2v) is 5.09. The first kappa shape index (κ1) is 13.6. The van der Waals surface area contributed by atoms with E-state index in [9.17, 15) is 0 Å². The van der Waals surface area contributed by atoms with Crippen LogP contribution in [0.5, 0.6) is 0 Å². The molecule has 1 aromatic rings. The van der Waals surface area contributed by atoms with E-state index in [4.69, 9.17) is 5.73 Å². The smallest absolute Gasteiger partial charge is 0.222 e. The topological polar surface area (TPSA) is 63.8 Å². The van der Waals surface area contributed by atoms with Crippen LogP contribution in [0.25, 0.3) is 0 Å². The van der Waals surface area contributed by atoms with Gasteiger partial charge in [0, 0.05) is 28.6 Å². The normalized spacial score (nSPS) is 12.8. The van der Waals surface area contributed by atoms with Crippen molar-refractivity contribution in [2.75, 3.05) is 11.9 Å². The predicted molar refractivity (Wildman–Crippen MR) is 75.3 cm³/mol. The van der Waals surface area contributed by atoms with Crippen molar-refractivity contribution in [1.29, 1.82) is 0 Å². The van der Waals surface area contributed by atoms with Crippen molar-refractivity contribution < 1.29 is 0 Å². The standard InChI is InChI=1S/C11H19IN4/c1-3-8(4-2)10(13)7-16-11-14-5-9(12)6-15-11/h5-6,8,10H,3-4,7,13H2,1-2H3,(H,14,15,16). The second-order valence-electron chi connectivity index (χ2n) is 3.85. The molecule has 16 heavy (non-hydrogen) atoms. The van der Waals surface area contributed by atoms with Gasteiger partial charge in [-0.05, 0) is 28.5 Å². The molecule has 4 nitrogen and oxygen atoms in total. The van der Waals surface area contributed by atoms with Gasteiger partial charge in [-0.25, -0.2) is 9.97 Å². The molecule has 1 heterocycles. The summed E-state index contributed by atoms with van der Waals surface area (Å²) in [6.07, 6.45) is 5.82. The zero-order chi connectivity index (χ0) is 12.0. The van der Waals surface area contributed by atoms with Crippen LogP contribution in [0.15, 0.2) is 12.4 Å². The fourth-order valence-corrected chi connectivity index (χ4v) is 1.95. The second kappa shape index (κ2) is 7.01. The Morgan fingerprint density at radius 1 is 1.31 bits per heavy atom. The number of hydrogen-bond acceptors (Lipinski definition) is 4. The minimum atomic E-state index is 0.165. The Kier molecular flexibility index (Phi) is 5.97. The minimum absolute atomic E-state index is 0.165. The Bertz CT molecular complexity index is 297. The molecule has 0 fully saturated rings. The molecule has 0 bridgehead atoms. The van der Waals surface area contributed by atoms with Crippen LogP contribution < -0.4 is 11.1 Å². The molecule has 90 valence electrons. The van der Waals surface area contributed by atoms with Gasteiger partial charge in [-0.15, -0.1) is 0 Å². The SMILES string of the molecule is CCC(CC)C(N)CNc1ncc(I)cn1. The molecule has 0 radical (unpaired) electrons. The van der Waals surface area contributed by atoms with Crippen molar-refractivity contribution in [3.63, 3.8) is 0 Å². The zero-order valence-corrected chi connectivity index (χ0v) is 11.9. The van der Waals surface area contributed by atoms with E-state index in [0.29, 0.717) is 11.9 Å². The maximum atomic E-state index is 6.10. The summed E-state index contributed by atoms with van der Waals surface area (Å²) in [5.41, 5.74) is 6.10. The van der Waals surface area contributed by atoms with Crippen LogP contribution in [-0.2, 0) is 0 Å². The summed E-state index contributed by atoms with van der Waals surface area (Å²) in [5, 5.41) is 3.17. The summed E-state index contributed by atoms with van der Waals surface area (Å²) in [6.45, 7) is 5.08. The summed E-state index contributed by atoms with van der Waals surface area (Å²) < 4.78 is 1.03. The molecular formula is C11H19IN4. The van der Waals surface area contributed by atoms with Gasteiger partial charge in [-0.3, -0.25) is 0 Å². The quantitative estimate of drug-likeness (QED) is 0.784. The highest BCUT2D eigenvalue weighted by molar-refractivity contribution is 14.1. The van der Waals surface area contributed by atoms with Gasteiger partial charge in [0.25, 0.3) is 0 Å². The Balaban J connectivity index is 2.42. The van der Waals surface area contributed by atoms with Gasteiger partial charge in [-0.2, -0.15) is 0 Å². The van der Waals surface area contributed by atoms with Gasteiger partial charge in [0.05, 0.1) is 0 Å². The first-order valence-electron chi connectivity index (χ1n) is 5.64. The zero-order valence-electron chi connectivity index (χ0n) is 9.78. The number of nitrogens with one attached hydrogen (secondary N) is 1. The Morgan fingerprint density at radius 2 is 1.88 bits per heavy atom. The molecule has 5 heteroatoms. The lowest BCUT2D eigenvalue weighted by Gasteiger charge is -2.21. The maximum Gasteiger partial charge on any atom is 0.222 e. The van der Waals surface area contributed by atoms with Gasteiger partial charge in [0.1, 0.15) is 0 Å². The van der Waals surface area contributed by atoms with Crippen LogP contribution in [0, 0.1) is 9.49 Å². The Labute approximate surface area is 111 Å². The van der Waals surface area contributed by atoms with Gasteiger partial charge < -0.3 is 11.1 Å². The molecular weight excluding hydrogens is 315 g/mol. The first-order chi connectivity index (χ1) is 7.67. The van der Waals surface area contributed by atoms with E-state index >= 15 is 0 Å².